The summed E-state index contributed by atoms with van der Waals surface area (Å²) in [6, 6.07) is 5.20. The first-order valence-electron chi connectivity index (χ1n) is 5.56. The Morgan fingerprint density at radius 3 is 3.12 bits per heavy atom. The van der Waals surface area contributed by atoms with E-state index in [0.717, 1.165) is 12.8 Å². The summed E-state index contributed by atoms with van der Waals surface area (Å²) in [7, 11) is 0. The Labute approximate surface area is 99.1 Å². The Kier molecular flexibility index (Phi) is 3.24. The summed E-state index contributed by atoms with van der Waals surface area (Å²) in [5.41, 5.74) is 0.521. The van der Waals surface area contributed by atoms with Gasteiger partial charge in [-0.3, -0.25) is 4.79 Å². The predicted octanol–water partition coefficient (Wildman–Crippen LogP) is 1.62. The molecule has 0 saturated heterocycles. The summed E-state index contributed by atoms with van der Waals surface area (Å²) >= 11 is 0. The topological polar surface area (TPSA) is 86.0 Å². The summed E-state index contributed by atoms with van der Waals surface area (Å²) in [5, 5.41) is 20.9. The van der Waals surface area contributed by atoms with Gasteiger partial charge in [0, 0.05) is 12.2 Å². The molecule has 88 valence electrons. The molecule has 2 N–H and O–H groups in total. The van der Waals surface area contributed by atoms with Gasteiger partial charge >= 0.3 is 5.97 Å². The average molecular weight is 231 g/mol. The molecule has 1 aliphatic rings. The van der Waals surface area contributed by atoms with Crippen LogP contribution >= 0.6 is 0 Å². The zero-order valence-electron chi connectivity index (χ0n) is 9.26. The molecule has 1 aromatic heterocycles. The van der Waals surface area contributed by atoms with E-state index >= 15 is 0 Å². The number of hydrogen-bond donors (Lipinski definition) is 2. The molecule has 2 atom stereocenters. The minimum absolute atomic E-state index is 0.0889. The molecule has 1 heterocycles. The minimum Gasteiger partial charge on any atom is -0.481 e. The number of hydrogen-bond acceptors (Lipinski definition) is 4. The lowest BCUT2D eigenvalue weighted by molar-refractivity contribution is -0.141. The molecule has 0 aliphatic heterocycles. The van der Waals surface area contributed by atoms with Crippen molar-refractivity contribution in [3.8, 4) is 6.07 Å². The summed E-state index contributed by atoms with van der Waals surface area (Å²) in [6.07, 6.45) is 3.98. The molecule has 0 aromatic carbocycles. The van der Waals surface area contributed by atoms with Crippen molar-refractivity contribution in [1.29, 1.82) is 5.26 Å². The number of carbonyl (C=O) groups is 1. The molecule has 2 rings (SSSR count). The fraction of sp³-hybridized carbons (Fsp3) is 0.417. The number of aromatic nitrogens is 1. The number of anilines is 1. The van der Waals surface area contributed by atoms with Gasteiger partial charge < -0.3 is 10.4 Å². The molecule has 1 saturated carbocycles. The van der Waals surface area contributed by atoms with Crippen molar-refractivity contribution in [1.82, 2.24) is 4.98 Å². The first-order valence-corrected chi connectivity index (χ1v) is 5.56. The Bertz CT molecular complexity index is 467. The molecular formula is C12H13N3O2. The smallest absolute Gasteiger partial charge is 0.308 e. The lowest BCUT2D eigenvalue weighted by Gasteiger charge is -2.18. The highest BCUT2D eigenvalue weighted by atomic mass is 16.4. The monoisotopic (exact) mass is 231 g/mol. The van der Waals surface area contributed by atoms with Gasteiger partial charge in [-0.25, -0.2) is 4.98 Å². The second kappa shape index (κ2) is 4.83. The zero-order chi connectivity index (χ0) is 12.3. The lowest BCUT2D eigenvalue weighted by atomic mass is 10.0. The number of nitriles is 1. The van der Waals surface area contributed by atoms with E-state index in [0.29, 0.717) is 17.8 Å². The second-order valence-electron chi connectivity index (χ2n) is 4.17. The van der Waals surface area contributed by atoms with Crippen LogP contribution < -0.4 is 5.32 Å². The molecule has 5 nitrogen and oxygen atoms in total. The van der Waals surface area contributed by atoms with Gasteiger partial charge in [-0.2, -0.15) is 5.26 Å². The van der Waals surface area contributed by atoms with Gasteiger partial charge in [0.05, 0.1) is 17.6 Å². The van der Waals surface area contributed by atoms with E-state index in [-0.39, 0.29) is 12.0 Å². The van der Waals surface area contributed by atoms with Crippen LogP contribution in [0.15, 0.2) is 18.3 Å². The maximum atomic E-state index is 11.0. The SMILES string of the molecule is N#Cc1ccnc(NC2CCCC2C(=O)O)c1. The first-order chi connectivity index (χ1) is 8.20. The number of nitrogens with zero attached hydrogens (tertiary/aromatic N) is 2. The van der Waals surface area contributed by atoms with Crippen molar-refractivity contribution in [3.05, 3.63) is 23.9 Å². The van der Waals surface area contributed by atoms with Crippen molar-refractivity contribution >= 4 is 11.8 Å². The van der Waals surface area contributed by atoms with Crippen molar-refractivity contribution in [2.24, 2.45) is 5.92 Å². The number of carboxylic acids is 1. The average Bonchev–Trinajstić information content (AvgIpc) is 2.77. The fourth-order valence-corrected chi connectivity index (χ4v) is 2.20. The molecule has 0 amide bonds. The normalized spacial score (nSPS) is 23.0. The number of aliphatic carboxylic acids is 1. The van der Waals surface area contributed by atoms with Crippen LogP contribution in [0.4, 0.5) is 5.82 Å². The van der Waals surface area contributed by atoms with E-state index in [1.165, 1.54) is 0 Å². The van der Waals surface area contributed by atoms with E-state index in [1.54, 1.807) is 18.3 Å². The van der Waals surface area contributed by atoms with Gasteiger partial charge in [-0.15, -0.1) is 0 Å². The quantitative estimate of drug-likeness (QED) is 0.825. The van der Waals surface area contributed by atoms with E-state index in [9.17, 15) is 4.79 Å². The van der Waals surface area contributed by atoms with Gasteiger partial charge in [0.25, 0.3) is 0 Å². The minimum atomic E-state index is -0.767. The van der Waals surface area contributed by atoms with Crippen LogP contribution in [0.2, 0.25) is 0 Å². The van der Waals surface area contributed by atoms with Gasteiger partial charge in [-0.05, 0) is 25.0 Å². The highest BCUT2D eigenvalue weighted by Crippen LogP contribution is 2.28. The van der Waals surface area contributed by atoms with E-state index in [4.69, 9.17) is 10.4 Å². The molecule has 0 spiro atoms. The maximum Gasteiger partial charge on any atom is 0.308 e. The fourth-order valence-electron chi connectivity index (χ4n) is 2.20. The molecule has 2 unspecified atom stereocenters. The third kappa shape index (κ3) is 2.53. The highest BCUT2D eigenvalue weighted by molar-refractivity contribution is 5.72. The largest absolute Gasteiger partial charge is 0.481 e. The van der Waals surface area contributed by atoms with Crippen LogP contribution in [-0.4, -0.2) is 22.1 Å². The predicted molar refractivity (Wildman–Crippen MR) is 61.3 cm³/mol. The van der Waals surface area contributed by atoms with Crippen molar-refractivity contribution in [3.63, 3.8) is 0 Å². The number of rotatable bonds is 3. The molecule has 1 aliphatic carbocycles. The summed E-state index contributed by atoms with van der Waals surface area (Å²) in [5.74, 6) is -0.554. The third-order valence-corrected chi connectivity index (χ3v) is 3.06. The summed E-state index contributed by atoms with van der Waals surface area (Å²) in [4.78, 5) is 15.1. The van der Waals surface area contributed by atoms with Crippen molar-refractivity contribution < 1.29 is 9.90 Å². The van der Waals surface area contributed by atoms with Crippen LogP contribution in [0.1, 0.15) is 24.8 Å². The number of nitrogens with one attached hydrogen (secondary N) is 1. The molecule has 0 radical (unpaired) electrons. The van der Waals surface area contributed by atoms with Crippen LogP contribution in [0.3, 0.4) is 0 Å². The van der Waals surface area contributed by atoms with Crippen molar-refractivity contribution in [2.75, 3.05) is 5.32 Å². The molecule has 17 heavy (non-hydrogen) atoms. The van der Waals surface area contributed by atoms with Gasteiger partial charge in [0.15, 0.2) is 0 Å². The zero-order valence-corrected chi connectivity index (χ0v) is 9.26. The first kappa shape index (κ1) is 11.4. The van der Waals surface area contributed by atoms with Crippen molar-refractivity contribution in [2.45, 2.75) is 25.3 Å². The third-order valence-electron chi connectivity index (χ3n) is 3.06. The van der Waals surface area contributed by atoms with E-state index in [2.05, 4.69) is 10.3 Å². The molecule has 0 bridgehead atoms. The Balaban J connectivity index is 2.10. The van der Waals surface area contributed by atoms with Crippen LogP contribution in [-0.2, 0) is 4.79 Å². The lowest BCUT2D eigenvalue weighted by Crippen LogP contribution is -2.30. The Hall–Kier alpha value is -2.09. The molecular weight excluding hydrogens is 218 g/mol. The van der Waals surface area contributed by atoms with E-state index in [1.807, 2.05) is 6.07 Å². The van der Waals surface area contributed by atoms with Gasteiger partial charge in [0.2, 0.25) is 0 Å². The molecule has 1 fully saturated rings. The number of pyridine rings is 1. The van der Waals surface area contributed by atoms with Crippen LogP contribution in [0, 0.1) is 17.2 Å². The van der Waals surface area contributed by atoms with Crippen LogP contribution in [0.5, 0.6) is 0 Å². The van der Waals surface area contributed by atoms with E-state index < -0.39 is 5.97 Å². The van der Waals surface area contributed by atoms with Crippen LogP contribution in [0.25, 0.3) is 0 Å². The molecule has 5 heteroatoms. The second-order valence-corrected chi connectivity index (χ2v) is 4.17. The highest BCUT2D eigenvalue weighted by Gasteiger charge is 2.32. The Morgan fingerprint density at radius 2 is 2.41 bits per heavy atom. The number of carboxylic acid groups (broad SMARTS) is 1. The Morgan fingerprint density at radius 1 is 1.59 bits per heavy atom. The maximum absolute atomic E-state index is 11.0. The summed E-state index contributed by atoms with van der Waals surface area (Å²) < 4.78 is 0. The summed E-state index contributed by atoms with van der Waals surface area (Å²) in [6.45, 7) is 0. The standard InChI is InChI=1S/C12H13N3O2/c13-7-8-4-5-14-11(6-8)15-10-3-1-2-9(10)12(16)17/h4-6,9-10H,1-3H2,(H,14,15)(H,16,17). The molecule has 1 aromatic rings. The van der Waals surface area contributed by atoms with Gasteiger partial charge in [-0.1, -0.05) is 6.42 Å². The van der Waals surface area contributed by atoms with Gasteiger partial charge in [0.1, 0.15) is 5.82 Å².